The molecule has 1 heterocycles. The number of anilines is 1. The maximum Gasteiger partial charge on any atom is 0.0511 e. The van der Waals surface area contributed by atoms with Crippen molar-refractivity contribution < 1.29 is 0 Å². The van der Waals surface area contributed by atoms with Gasteiger partial charge in [0.05, 0.1) is 6.04 Å². The number of nitrogens with zero attached hydrogens (tertiary/aromatic N) is 2. The van der Waals surface area contributed by atoms with E-state index in [0.717, 1.165) is 25.8 Å². The number of hydrogen-bond acceptors (Lipinski definition) is 2. The molecule has 0 spiro atoms. The average Bonchev–Trinajstić information content (AvgIpc) is 2.75. The van der Waals surface area contributed by atoms with Crippen LogP contribution in [-0.2, 0) is 0 Å². The minimum atomic E-state index is 0.241. The summed E-state index contributed by atoms with van der Waals surface area (Å²) in [4.78, 5) is 4.96. The Bertz CT molecular complexity index is 807. The van der Waals surface area contributed by atoms with Gasteiger partial charge in [-0.3, -0.25) is 4.90 Å². The summed E-state index contributed by atoms with van der Waals surface area (Å²) in [6.07, 6.45) is 7.29. The van der Waals surface area contributed by atoms with E-state index in [1.807, 2.05) is 6.08 Å². The molecule has 3 rings (SSSR count). The predicted molar refractivity (Wildman–Crippen MR) is 121 cm³/mol. The van der Waals surface area contributed by atoms with Gasteiger partial charge in [0.1, 0.15) is 0 Å². The topological polar surface area (TPSA) is 6.48 Å². The molecule has 0 N–H and O–H groups in total. The van der Waals surface area contributed by atoms with Gasteiger partial charge in [0.15, 0.2) is 0 Å². The first-order valence-corrected chi connectivity index (χ1v) is 10.2. The molecule has 0 fully saturated rings. The first-order chi connectivity index (χ1) is 13.7. The Morgan fingerprint density at radius 3 is 2.29 bits per heavy atom. The van der Waals surface area contributed by atoms with E-state index >= 15 is 0 Å². The van der Waals surface area contributed by atoms with Crippen LogP contribution in [0, 0.1) is 0 Å². The minimum absolute atomic E-state index is 0.241. The van der Waals surface area contributed by atoms with Gasteiger partial charge in [-0.15, -0.1) is 13.2 Å². The lowest BCUT2D eigenvalue weighted by atomic mass is 9.88. The van der Waals surface area contributed by atoms with Crippen molar-refractivity contribution >= 4 is 5.69 Å². The van der Waals surface area contributed by atoms with Crippen molar-refractivity contribution in [3.8, 4) is 0 Å². The van der Waals surface area contributed by atoms with E-state index in [-0.39, 0.29) is 6.04 Å². The van der Waals surface area contributed by atoms with E-state index in [9.17, 15) is 0 Å². The fourth-order valence-electron chi connectivity index (χ4n) is 4.29. The quantitative estimate of drug-likeness (QED) is 0.393. The van der Waals surface area contributed by atoms with Crippen molar-refractivity contribution in [3.05, 3.63) is 103 Å². The Morgan fingerprint density at radius 2 is 1.68 bits per heavy atom. The summed E-state index contributed by atoms with van der Waals surface area (Å²) in [6, 6.07) is 22.1. The molecule has 0 saturated heterocycles. The molecule has 28 heavy (non-hydrogen) atoms. The Morgan fingerprint density at radius 1 is 1.04 bits per heavy atom. The van der Waals surface area contributed by atoms with Crippen molar-refractivity contribution in [3.63, 3.8) is 0 Å². The van der Waals surface area contributed by atoms with E-state index < -0.39 is 0 Å². The van der Waals surface area contributed by atoms with Gasteiger partial charge >= 0.3 is 0 Å². The number of allylic oxidation sites excluding steroid dienone is 1. The van der Waals surface area contributed by atoms with E-state index in [2.05, 4.69) is 104 Å². The Hall–Kier alpha value is -2.58. The SMILES string of the molecule is C=CCCCN1[C@@H](C=C)C(C)=C(N(C)c2ccccc2)C[C@H]1c1ccccc1. The average molecular weight is 373 g/mol. The maximum atomic E-state index is 4.19. The summed E-state index contributed by atoms with van der Waals surface area (Å²) in [6.45, 7) is 11.4. The molecule has 0 saturated carbocycles. The molecule has 1 aliphatic rings. The molecular formula is C26H32N2. The second-order valence-corrected chi connectivity index (χ2v) is 7.50. The number of hydrogen-bond donors (Lipinski definition) is 0. The number of unbranched alkanes of at least 4 members (excludes halogenated alkanes) is 1. The molecule has 0 amide bonds. The van der Waals surface area contributed by atoms with Gasteiger partial charge in [0, 0.05) is 30.9 Å². The third-order valence-corrected chi connectivity index (χ3v) is 5.82. The van der Waals surface area contributed by atoms with Crippen LogP contribution in [0.25, 0.3) is 0 Å². The second-order valence-electron chi connectivity index (χ2n) is 7.50. The molecule has 146 valence electrons. The highest BCUT2D eigenvalue weighted by molar-refractivity contribution is 5.53. The highest BCUT2D eigenvalue weighted by Crippen LogP contribution is 2.40. The lowest BCUT2D eigenvalue weighted by molar-refractivity contribution is 0.159. The molecule has 0 unspecified atom stereocenters. The lowest BCUT2D eigenvalue weighted by Gasteiger charge is -2.45. The molecule has 2 nitrogen and oxygen atoms in total. The van der Waals surface area contributed by atoms with E-state index in [1.165, 1.54) is 22.5 Å². The van der Waals surface area contributed by atoms with Crippen molar-refractivity contribution in [2.24, 2.45) is 0 Å². The van der Waals surface area contributed by atoms with Gasteiger partial charge in [0.25, 0.3) is 0 Å². The van der Waals surface area contributed by atoms with Gasteiger partial charge in [0.2, 0.25) is 0 Å². The molecule has 0 radical (unpaired) electrons. The standard InChI is InChI=1S/C26H32N2/c1-5-7-14-19-28-24(6-2)21(3)25(27(4)23-17-12-9-13-18-23)20-26(28)22-15-10-8-11-16-22/h5-6,8-13,15-18,24,26H,1-2,7,14,19-20H2,3-4H3/t24-,26-/m0/s1. The summed E-state index contributed by atoms with van der Waals surface area (Å²) in [5.41, 5.74) is 5.39. The van der Waals surface area contributed by atoms with Crippen molar-refractivity contribution in [1.82, 2.24) is 4.90 Å². The molecule has 0 bridgehead atoms. The first-order valence-electron chi connectivity index (χ1n) is 10.2. The molecule has 2 aromatic rings. The van der Waals surface area contributed by atoms with Gasteiger partial charge in [-0.25, -0.2) is 0 Å². The highest BCUT2D eigenvalue weighted by atomic mass is 15.2. The van der Waals surface area contributed by atoms with Crippen molar-refractivity contribution in [2.45, 2.75) is 38.3 Å². The fourth-order valence-corrected chi connectivity index (χ4v) is 4.29. The third kappa shape index (κ3) is 4.28. The predicted octanol–water partition coefficient (Wildman–Crippen LogP) is 6.36. The Balaban J connectivity index is 2.00. The molecule has 2 atom stereocenters. The summed E-state index contributed by atoms with van der Waals surface area (Å²) >= 11 is 0. The first kappa shape index (κ1) is 20.2. The largest absolute Gasteiger partial charge is 0.348 e. The second kappa shape index (κ2) is 9.57. The molecule has 2 aromatic carbocycles. The van der Waals surface area contributed by atoms with Gasteiger partial charge in [-0.2, -0.15) is 0 Å². The van der Waals surface area contributed by atoms with E-state index in [4.69, 9.17) is 0 Å². The van der Waals surface area contributed by atoms with Crippen LogP contribution in [0.3, 0.4) is 0 Å². The van der Waals surface area contributed by atoms with Gasteiger partial charge in [-0.05, 0) is 49.6 Å². The van der Waals surface area contributed by atoms with Crippen LogP contribution in [0.1, 0.15) is 37.8 Å². The molecule has 0 aromatic heterocycles. The summed E-state index contributed by atoms with van der Waals surface area (Å²) in [5, 5.41) is 0. The third-order valence-electron chi connectivity index (χ3n) is 5.82. The van der Waals surface area contributed by atoms with Crippen molar-refractivity contribution in [1.29, 1.82) is 0 Å². The maximum absolute atomic E-state index is 4.19. The normalized spacial score (nSPS) is 20.1. The summed E-state index contributed by atoms with van der Waals surface area (Å²) in [7, 11) is 2.18. The van der Waals surface area contributed by atoms with E-state index in [1.54, 1.807) is 0 Å². The van der Waals surface area contributed by atoms with Crippen LogP contribution >= 0.6 is 0 Å². The number of para-hydroxylation sites is 1. The smallest absolute Gasteiger partial charge is 0.0511 e. The molecule has 1 aliphatic heterocycles. The fraction of sp³-hybridized carbons (Fsp3) is 0.308. The number of benzene rings is 2. The monoisotopic (exact) mass is 372 g/mol. The molecule has 2 heteroatoms. The zero-order valence-electron chi connectivity index (χ0n) is 17.2. The zero-order valence-corrected chi connectivity index (χ0v) is 17.2. The Labute approximate surface area is 170 Å². The van der Waals surface area contributed by atoms with Crippen LogP contribution in [0.2, 0.25) is 0 Å². The summed E-state index contributed by atoms with van der Waals surface area (Å²) in [5.74, 6) is 0. The van der Waals surface area contributed by atoms with Crippen LogP contribution in [0.4, 0.5) is 5.69 Å². The Kier molecular flexibility index (Phi) is 6.89. The van der Waals surface area contributed by atoms with Crippen molar-refractivity contribution in [2.75, 3.05) is 18.5 Å². The molecule has 0 aliphatic carbocycles. The van der Waals surface area contributed by atoms with Crippen LogP contribution < -0.4 is 4.90 Å². The van der Waals surface area contributed by atoms with Crippen LogP contribution in [-0.4, -0.2) is 24.5 Å². The zero-order chi connectivity index (χ0) is 19.9. The molecular weight excluding hydrogens is 340 g/mol. The van der Waals surface area contributed by atoms with Crippen LogP contribution in [0.15, 0.2) is 97.2 Å². The highest BCUT2D eigenvalue weighted by Gasteiger charge is 2.34. The summed E-state index contributed by atoms with van der Waals surface area (Å²) < 4.78 is 0. The van der Waals surface area contributed by atoms with Gasteiger partial charge in [-0.1, -0.05) is 60.7 Å². The minimum Gasteiger partial charge on any atom is -0.348 e. The lowest BCUT2D eigenvalue weighted by Crippen LogP contribution is -2.44. The van der Waals surface area contributed by atoms with E-state index in [0.29, 0.717) is 6.04 Å². The van der Waals surface area contributed by atoms with Gasteiger partial charge < -0.3 is 4.90 Å². The number of rotatable bonds is 8. The van der Waals surface area contributed by atoms with Crippen LogP contribution in [0.5, 0.6) is 0 Å².